The molecule has 0 spiro atoms. The largest absolute Gasteiger partial charge is 0.327 e. The zero-order valence-electron chi connectivity index (χ0n) is 20.6. The molecule has 2 atom stereocenters. The second-order valence-corrected chi connectivity index (χ2v) is 11.4. The normalized spacial score (nSPS) is 21.0. The second-order valence-electron chi connectivity index (χ2n) is 10.3. The van der Waals surface area contributed by atoms with Gasteiger partial charge in [0.05, 0.1) is 29.3 Å². The molecule has 4 heterocycles. The summed E-state index contributed by atoms with van der Waals surface area (Å²) in [5.41, 5.74) is 5.07. The van der Waals surface area contributed by atoms with E-state index in [0.29, 0.717) is 12.0 Å². The minimum atomic E-state index is 0.365. The number of imidazole rings is 1. The fraction of sp³-hybridized carbons (Fsp3) is 0.448. The number of aryl methyl sites for hydroxylation is 1. The number of thiophene rings is 1. The molecule has 6 rings (SSSR count). The van der Waals surface area contributed by atoms with E-state index in [2.05, 4.69) is 75.3 Å². The van der Waals surface area contributed by atoms with Crippen molar-refractivity contribution in [1.29, 1.82) is 0 Å². The van der Waals surface area contributed by atoms with Crippen molar-refractivity contribution in [3.63, 3.8) is 0 Å². The topological polar surface area (TPSA) is 37.2 Å². The third-order valence-corrected chi connectivity index (χ3v) is 8.69. The Bertz CT molecular complexity index is 1260. The highest BCUT2D eigenvalue weighted by Gasteiger charge is 2.27. The number of likely N-dealkylation sites (tertiary alicyclic amines) is 1. The van der Waals surface area contributed by atoms with Gasteiger partial charge in [0.15, 0.2) is 0 Å². The molecule has 1 aromatic carbocycles. The molecular formula is C29H35N5S. The number of fused-ring (bicyclic) bond motifs is 2. The fourth-order valence-electron chi connectivity index (χ4n) is 6.12. The van der Waals surface area contributed by atoms with E-state index < -0.39 is 0 Å². The van der Waals surface area contributed by atoms with Crippen molar-refractivity contribution in [1.82, 2.24) is 24.3 Å². The van der Waals surface area contributed by atoms with Crippen molar-refractivity contribution in [2.75, 3.05) is 20.1 Å². The van der Waals surface area contributed by atoms with Crippen LogP contribution in [0.1, 0.15) is 53.7 Å². The SMILES string of the molecule is CN(Cc1nc2ccccc2n1C[C@H]1CCCN(Cc2cccs2)C1)[C@H]1CCCc2cccnc21. The summed E-state index contributed by atoms with van der Waals surface area (Å²) in [5.74, 6) is 1.84. The minimum absolute atomic E-state index is 0.365. The Morgan fingerprint density at radius 2 is 2.00 bits per heavy atom. The number of para-hydroxylation sites is 2. The number of aromatic nitrogens is 3. The molecule has 3 aromatic heterocycles. The number of pyridine rings is 1. The molecule has 182 valence electrons. The lowest BCUT2D eigenvalue weighted by Crippen LogP contribution is -2.37. The van der Waals surface area contributed by atoms with E-state index >= 15 is 0 Å². The van der Waals surface area contributed by atoms with Crippen molar-refractivity contribution < 1.29 is 0 Å². The molecule has 0 bridgehead atoms. The molecule has 0 unspecified atom stereocenters. The van der Waals surface area contributed by atoms with Gasteiger partial charge in [-0.2, -0.15) is 0 Å². The summed E-state index contributed by atoms with van der Waals surface area (Å²) in [6, 6.07) is 17.8. The van der Waals surface area contributed by atoms with Gasteiger partial charge in [-0.25, -0.2) is 4.98 Å². The molecule has 0 saturated carbocycles. The second kappa shape index (κ2) is 10.2. The lowest BCUT2D eigenvalue weighted by Gasteiger charge is -2.34. The predicted octanol–water partition coefficient (Wildman–Crippen LogP) is 5.91. The molecule has 5 nitrogen and oxygen atoms in total. The predicted molar refractivity (Wildman–Crippen MR) is 143 cm³/mol. The lowest BCUT2D eigenvalue weighted by atomic mass is 9.91. The maximum absolute atomic E-state index is 5.14. The molecule has 4 aromatic rings. The van der Waals surface area contributed by atoms with E-state index in [4.69, 9.17) is 9.97 Å². The molecule has 0 amide bonds. The van der Waals surface area contributed by atoms with E-state index in [-0.39, 0.29) is 0 Å². The van der Waals surface area contributed by atoms with Crippen LogP contribution in [0.4, 0.5) is 0 Å². The smallest absolute Gasteiger partial charge is 0.124 e. The van der Waals surface area contributed by atoms with Gasteiger partial charge in [0, 0.05) is 30.7 Å². The number of rotatable bonds is 7. The van der Waals surface area contributed by atoms with Crippen molar-refractivity contribution in [2.24, 2.45) is 5.92 Å². The van der Waals surface area contributed by atoms with Gasteiger partial charge in [-0.05, 0) is 86.8 Å². The highest BCUT2D eigenvalue weighted by Crippen LogP contribution is 2.33. The van der Waals surface area contributed by atoms with Gasteiger partial charge in [0.2, 0.25) is 0 Å². The van der Waals surface area contributed by atoms with Gasteiger partial charge in [-0.1, -0.05) is 24.3 Å². The van der Waals surface area contributed by atoms with Crippen molar-refractivity contribution in [2.45, 2.75) is 57.8 Å². The molecule has 1 aliphatic heterocycles. The van der Waals surface area contributed by atoms with E-state index in [1.165, 1.54) is 66.2 Å². The minimum Gasteiger partial charge on any atom is -0.327 e. The highest BCUT2D eigenvalue weighted by molar-refractivity contribution is 7.09. The van der Waals surface area contributed by atoms with E-state index in [1.807, 2.05) is 17.5 Å². The summed E-state index contributed by atoms with van der Waals surface area (Å²) < 4.78 is 2.52. The third kappa shape index (κ3) is 4.92. The first-order valence-corrected chi connectivity index (χ1v) is 14.0. The maximum atomic E-state index is 5.14. The third-order valence-electron chi connectivity index (χ3n) is 7.83. The molecule has 6 heteroatoms. The molecule has 1 saturated heterocycles. The lowest BCUT2D eigenvalue weighted by molar-refractivity contribution is 0.154. The Balaban J connectivity index is 1.23. The number of hydrogen-bond donors (Lipinski definition) is 0. The molecule has 1 fully saturated rings. The van der Waals surface area contributed by atoms with Gasteiger partial charge < -0.3 is 4.57 Å². The Morgan fingerprint density at radius 3 is 2.91 bits per heavy atom. The highest BCUT2D eigenvalue weighted by atomic mass is 32.1. The average Bonchev–Trinajstić information content (AvgIpc) is 3.52. The van der Waals surface area contributed by atoms with Crippen LogP contribution in [0.2, 0.25) is 0 Å². The van der Waals surface area contributed by atoms with E-state index in [9.17, 15) is 0 Å². The standard InChI is InChI=1S/C29H35N5S/c1-32(27-14-4-9-23-10-5-15-30-29(23)27)21-28-31-25-12-2-3-13-26(25)34(28)19-22-8-6-16-33(18-22)20-24-11-7-17-35-24/h2-3,5,7,10-13,15,17,22,27H,4,6,8-9,14,16,18-21H2,1H3/t22-,27-/m0/s1. The van der Waals surface area contributed by atoms with Gasteiger partial charge in [0.1, 0.15) is 5.82 Å². The van der Waals surface area contributed by atoms with Crippen LogP contribution >= 0.6 is 11.3 Å². The van der Waals surface area contributed by atoms with Crippen molar-refractivity contribution in [3.8, 4) is 0 Å². The monoisotopic (exact) mass is 485 g/mol. The van der Waals surface area contributed by atoms with Gasteiger partial charge in [0.25, 0.3) is 0 Å². The first kappa shape index (κ1) is 22.9. The maximum Gasteiger partial charge on any atom is 0.124 e. The Labute approximate surface area is 212 Å². The van der Waals surface area contributed by atoms with Crippen molar-refractivity contribution >= 4 is 22.4 Å². The summed E-state index contributed by atoms with van der Waals surface area (Å²) in [6.07, 6.45) is 8.07. The Hall–Kier alpha value is -2.54. The Kier molecular flexibility index (Phi) is 6.68. The van der Waals surface area contributed by atoms with Crippen LogP contribution in [0.25, 0.3) is 11.0 Å². The van der Waals surface area contributed by atoms with Crippen LogP contribution in [0.15, 0.2) is 60.1 Å². The van der Waals surface area contributed by atoms with Crippen LogP contribution in [-0.2, 0) is 26.1 Å². The van der Waals surface area contributed by atoms with Crippen molar-refractivity contribution in [3.05, 3.63) is 82.1 Å². The summed E-state index contributed by atoms with van der Waals surface area (Å²) in [4.78, 5) is 16.5. The zero-order chi connectivity index (χ0) is 23.6. The van der Waals surface area contributed by atoms with E-state index in [1.54, 1.807) is 0 Å². The molecule has 2 aliphatic rings. The van der Waals surface area contributed by atoms with Gasteiger partial charge in [-0.15, -0.1) is 11.3 Å². The van der Waals surface area contributed by atoms with Crippen LogP contribution in [-0.4, -0.2) is 44.5 Å². The van der Waals surface area contributed by atoms with Crippen LogP contribution in [0.5, 0.6) is 0 Å². The first-order chi connectivity index (χ1) is 17.2. The van der Waals surface area contributed by atoms with Crippen LogP contribution in [0.3, 0.4) is 0 Å². The van der Waals surface area contributed by atoms with Crippen LogP contribution in [0, 0.1) is 5.92 Å². The summed E-state index contributed by atoms with van der Waals surface area (Å²) in [5, 5.41) is 2.19. The number of nitrogens with zero attached hydrogens (tertiary/aromatic N) is 5. The zero-order valence-corrected chi connectivity index (χ0v) is 21.5. The van der Waals surface area contributed by atoms with Crippen LogP contribution < -0.4 is 0 Å². The van der Waals surface area contributed by atoms with Gasteiger partial charge >= 0.3 is 0 Å². The Morgan fingerprint density at radius 1 is 1.06 bits per heavy atom. The molecule has 35 heavy (non-hydrogen) atoms. The molecular weight excluding hydrogens is 450 g/mol. The average molecular weight is 486 g/mol. The quantitative estimate of drug-likeness (QED) is 0.326. The summed E-state index contributed by atoms with van der Waals surface area (Å²) in [6.45, 7) is 5.36. The summed E-state index contributed by atoms with van der Waals surface area (Å²) >= 11 is 1.88. The summed E-state index contributed by atoms with van der Waals surface area (Å²) in [7, 11) is 2.25. The molecule has 0 N–H and O–H groups in total. The number of benzene rings is 1. The molecule has 1 aliphatic carbocycles. The number of hydrogen-bond acceptors (Lipinski definition) is 5. The number of piperidine rings is 1. The molecule has 0 radical (unpaired) electrons. The van der Waals surface area contributed by atoms with E-state index in [0.717, 1.165) is 31.6 Å². The van der Waals surface area contributed by atoms with Gasteiger partial charge in [-0.3, -0.25) is 14.8 Å². The fourth-order valence-corrected chi connectivity index (χ4v) is 6.87. The first-order valence-electron chi connectivity index (χ1n) is 13.1.